The second kappa shape index (κ2) is 15.0. The van der Waals surface area contributed by atoms with E-state index in [1.165, 1.54) is 31.8 Å². The highest BCUT2D eigenvalue weighted by atomic mass is 32.2. The number of hydrogen-bond acceptors (Lipinski definition) is 8. The van der Waals surface area contributed by atoms with E-state index in [1.807, 2.05) is 57.2 Å². The predicted octanol–water partition coefficient (Wildman–Crippen LogP) is 7.86. The van der Waals surface area contributed by atoms with Crippen molar-refractivity contribution in [3.63, 3.8) is 0 Å². The van der Waals surface area contributed by atoms with Crippen LogP contribution in [0, 0.1) is 0 Å². The molecule has 260 valence electrons. The zero-order chi connectivity index (χ0) is 36.2. The van der Waals surface area contributed by atoms with Gasteiger partial charge in [-0.3, -0.25) is 4.21 Å². The summed E-state index contributed by atoms with van der Waals surface area (Å²) in [6.45, 7) is 6.12. The maximum Gasteiger partial charge on any atom is 0.336 e. The number of carboxylic acid groups (broad SMARTS) is 1. The Balaban J connectivity index is 1.38. The van der Waals surface area contributed by atoms with E-state index in [-0.39, 0.29) is 15.9 Å². The number of hydrogen-bond donors (Lipinski definition) is 5. The maximum absolute atomic E-state index is 13.4. The van der Waals surface area contributed by atoms with Gasteiger partial charge in [-0.15, -0.1) is 0 Å². The molecule has 0 aliphatic carbocycles. The van der Waals surface area contributed by atoms with Crippen LogP contribution in [-0.4, -0.2) is 50.1 Å². The Labute approximate surface area is 294 Å². The molecule has 2 atom stereocenters. The van der Waals surface area contributed by atoms with Crippen LogP contribution in [0.2, 0.25) is 0 Å². The van der Waals surface area contributed by atoms with E-state index >= 15 is 0 Å². The van der Waals surface area contributed by atoms with Crippen molar-refractivity contribution in [2.24, 2.45) is 0 Å². The number of carbonyl (C=O) groups is 2. The number of rotatable bonds is 11. The van der Waals surface area contributed by atoms with E-state index in [9.17, 15) is 23.1 Å². The zero-order valence-corrected chi connectivity index (χ0v) is 29.9. The molecule has 12 nitrogen and oxygen atoms in total. The summed E-state index contributed by atoms with van der Waals surface area (Å²) in [5, 5.41) is 19.8. The third-order valence-corrected chi connectivity index (χ3v) is 9.01. The lowest BCUT2D eigenvalue weighted by molar-refractivity contribution is 0.0693. The summed E-state index contributed by atoms with van der Waals surface area (Å²) in [6, 6.07) is 22.0. The molecule has 50 heavy (non-hydrogen) atoms. The van der Waals surface area contributed by atoms with Crippen LogP contribution >= 0.6 is 0 Å². The predicted molar refractivity (Wildman–Crippen MR) is 199 cm³/mol. The fourth-order valence-electron chi connectivity index (χ4n) is 5.18. The minimum Gasteiger partial charge on any atom is -0.492 e. The highest BCUT2D eigenvalue weighted by Crippen LogP contribution is 2.40. The summed E-state index contributed by atoms with van der Waals surface area (Å²) < 4.78 is 39.0. The van der Waals surface area contributed by atoms with Gasteiger partial charge in [-0.1, -0.05) is 45.0 Å². The number of carbonyl (C=O) groups excluding carboxylic acids is 1. The van der Waals surface area contributed by atoms with Gasteiger partial charge in [0.15, 0.2) is 5.75 Å². The Morgan fingerprint density at radius 1 is 0.840 bits per heavy atom. The third kappa shape index (κ3) is 8.39. The number of carboxylic acids is 1. The first-order valence-electron chi connectivity index (χ1n) is 15.3. The molecule has 0 saturated heterocycles. The summed E-state index contributed by atoms with van der Waals surface area (Å²) in [5.41, 5.74) is 2.56. The average molecular weight is 716 g/mol. The van der Waals surface area contributed by atoms with Gasteiger partial charge in [0.1, 0.15) is 28.3 Å². The molecule has 0 bridgehead atoms. The van der Waals surface area contributed by atoms with Crippen LogP contribution in [0.5, 0.6) is 17.2 Å². The average Bonchev–Trinajstić information content (AvgIpc) is 3.05. The van der Waals surface area contributed by atoms with E-state index in [0.717, 1.165) is 16.3 Å². The Bertz CT molecular complexity index is 2150. The van der Waals surface area contributed by atoms with Crippen molar-refractivity contribution < 1.29 is 32.6 Å². The number of methoxy groups -OCH3 is 1. The molecule has 2 amide bonds. The third-order valence-electron chi connectivity index (χ3n) is 7.55. The summed E-state index contributed by atoms with van der Waals surface area (Å²) in [5.74, 6) is 0.610. The minimum atomic E-state index is -1.51. The molecular formula is C36H37N5O7S2. The number of amides is 2. The Kier molecular flexibility index (Phi) is 10.7. The number of fused-ring (bicyclic) bond motifs is 1. The number of nitrogens with zero attached hydrogens (tertiary/aromatic N) is 1. The quantitative estimate of drug-likeness (QED) is 0.0914. The Morgan fingerprint density at radius 3 is 2.20 bits per heavy atom. The minimum absolute atomic E-state index is 0.0321. The van der Waals surface area contributed by atoms with Crippen molar-refractivity contribution in [1.82, 2.24) is 4.98 Å². The SMILES string of the molecule is COc1c(NC(=O)Nc2ccc(Oc3ccnc(Nc4ccc(C(=O)O)c(S(C)=O)c4)c3)c3ccccc23)cc(C(C)(C)C)cc1NS(C)=O. The molecule has 1 heterocycles. The highest BCUT2D eigenvalue weighted by molar-refractivity contribution is 7.85. The molecule has 14 heteroatoms. The monoisotopic (exact) mass is 715 g/mol. The summed E-state index contributed by atoms with van der Waals surface area (Å²) in [7, 11) is -1.40. The number of nitrogens with one attached hydrogen (secondary N) is 4. The van der Waals surface area contributed by atoms with Crippen LogP contribution in [0.3, 0.4) is 0 Å². The van der Waals surface area contributed by atoms with Gasteiger partial charge >= 0.3 is 12.0 Å². The molecule has 2 unspecified atom stereocenters. The molecule has 5 N–H and O–H groups in total. The number of aromatic nitrogens is 1. The van der Waals surface area contributed by atoms with Crippen molar-refractivity contribution in [3.8, 4) is 17.2 Å². The fourth-order valence-corrected chi connectivity index (χ4v) is 6.40. The normalized spacial score (nSPS) is 12.4. The molecular weight excluding hydrogens is 679 g/mol. The van der Waals surface area contributed by atoms with E-state index in [4.69, 9.17) is 9.47 Å². The van der Waals surface area contributed by atoms with E-state index < -0.39 is 33.8 Å². The van der Waals surface area contributed by atoms with Crippen LogP contribution in [-0.2, 0) is 27.2 Å². The van der Waals surface area contributed by atoms with Crippen LogP contribution in [0.25, 0.3) is 10.8 Å². The topological polar surface area (TPSA) is 168 Å². The Morgan fingerprint density at radius 2 is 1.54 bits per heavy atom. The molecule has 0 spiro atoms. The molecule has 0 radical (unpaired) electrons. The first-order chi connectivity index (χ1) is 23.7. The van der Waals surface area contributed by atoms with Crippen molar-refractivity contribution in [1.29, 1.82) is 0 Å². The first-order valence-corrected chi connectivity index (χ1v) is 18.4. The van der Waals surface area contributed by atoms with Gasteiger partial charge in [-0.2, -0.15) is 0 Å². The lowest BCUT2D eigenvalue weighted by atomic mass is 9.86. The van der Waals surface area contributed by atoms with Gasteiger partial charge in [0.2, 0.25) is 0 Å². The Hall–Kier alpha value is -5.47. The van der Waals surface area contributed by atoms with Crippen molar-refractivity contribution >= 4 is 73.1 Å². The van der Waals surface area contributed by atoms with Gasteiger partial charge in [0.05, 0.1) is 45.4 Å². The number of urea groups is 1. The van der Waals surface area contributed by atoms with Crippen LogP contribution in [0.4, 0.5) is 33.4 Å². The number of pyridine rings is 1. The van der Waals surface area contributed by atoms with Crippen LogP contribution in [0.1, 0.15) is 36.7 Å². The molecule has 0 aliphatic rings. The standard InChI is InChI=1S/C36H37N5O7S2/c1-36(2,3)21-17-28(33(47-4)29(18-21)41-50(6)46)40-35(44)39-27-13-14-30(25-10-8-7-9-24(25)27)48-23-15-16-37-32(20-23)38-22-11-12-26(34(42)43)31(19-22)49(5)45/h7-20,41H,1-6H3,(H,37,38)(H,42,43)(H2,39,40,44). The largest absolute Gasteiger partial charge is 0.492 e. The smallest absolute Gasteiger partial charge is 0.336 e. The van der Waals surface area contributed by atoms with Gasteiger partial charge in [0.25, 0.3) is 0 Å². The number of ether oxygens (including phenoxy) is 2. The molecule has 4 aromatic carbocycles. The summed E-state index contributed by atoms with van der Waals surface area (Å²) >= 11 is 0. The number of benzene rings is 4. The zero-order valence-electron chi connectivity index (χ0n) is 28.2. The summed E-state index contributed by atoms with van der Waals surface area (Å²) in [4.78, 5) is 29.5. The second-order valence-corrected chi connectivity index (χ2v) is 14.7. The van der Waals surface area contributed by atoms with Crippen molar-refractivity contribution in [2.45, 2.75) is 31.1 Å². The van der Waals surface area contributed by atoms with Crippen molar-refractivity contribution in [2.75, 3.05) is 40.3 Å². The fraction of sp³-hybridized carbons (Fsp3) is 0.194. The van der Waals surface area contributed by atoms with Crippen LogP contribution in [0.15, 0.2) is 90.0 Å². The lowest BCUT2D eigenvalue weighted by Crippen LogP contribution is -2.21. The van der Waals surface area contributed by atoms with Gasteiger partial charge in [0, 0.05) is 41.2 Å². The molecule has 5 rings (SSSR count). The lowest BCUT2D eigenvalue weighted by Gasteiger charge is -2.24. The van der Waals surface area contributed by atoms with E-state index in [0.29, 0.717) is 45.8 Å². The maximum atomic E-state index is 13.4. The molecule has 0 fully saturated rings. The molecule has 0 aliphatic heterocycles. The molecule has 5 aromatic rings. The van der Waals surface area contributed by atoms with Gasteiger partial charge in [-0.25, -0.2) is 18.8 Å². The highest BCUT2D eigenvalue weighted by Gasteiger charge is 2.22. The van der Waals surface area contributed by atoms with Gasteiger partial charge in [-0.05, 0) is 59.5 Å². The molecule has 0 saturated carbocycles. The molecule has 1 aromatic heterocycles. The van der Waals surface area contributed by atoms with Gasteiger partial charge < -0.3 is 35.3 Å². The first kappa shape index (κ1) is 35.8. The number of aromatic carboxylic acids is 1. The van der Waals surface area contributed by atoms with E-state index in [2.05, 4.69) is 25.7 Å². The summed E-state index contributed by atoms with van der Waals surface area (Å²) in [6.07, 6.45) is 4.50. The number of anilines is 5. The second-order valence-electron chi connectivity index (χ2n) is 12.2. The van der Waals surface area contributed by atoms with E-state index in [1.54, 1.807) is 36.5 Å². The van der Waals surface area contributed by atoms with Crippen LogP contribution < -0.4 is 30.1 Å². The van der Waals surface area contributed by atoms with Crippen molar-refractivity contribution in [3.05, 3.63) is 96.2 Å².